The SMILES string of the molecule is CC(O)C1CCN(C(C)CCSc2ccccc2)CC1. The van der Waals surface area contributed by atoms with Crippen molar-refractivity contribution >= 4 is 11.8 Å². The van der Waals surface area contributed by atoms with Gasteiger partial charge in [0, 0.05) is 10.9 Å². The van der Waals surface area contributed by atoms with Crippen LogP contribution in [0.3, 0.4) is 0 Å². The van der Waals surface area contributed by atoms with Gasteiger partial charge in [-0.05, 0) is 70.0 Å². The first-order valence-electron chi connectivity index (χ1n) is 7.77. The predicted molar refractivity (Wildman–Crippen MR) is 87.2 cm³/mol. The molecule has 2 nitrogen and oxygen atoms in total. The molecule has 0 aromatic heterocycles. The van der Waals surface area contributed by atoms with Crippen LogP contribution in [0.25, 0.3) is 0 Å². The van der Waals surface area contributed by atoms with Gasteiger partial charge in [0.2, 0.25) is 0 Å². The van der Waals surface area contributed by atoms with Crippen molar-refractivity contribution < 1.29 is 5.11 Å². The minimum Gasteiger partial charge on any atom is -0.393 e. The van der Waals surface area contributed by atoms with Gasteiger partial charge in [-0.15, -0.1) is 11.8 Å². The highest BCUT2D eigenvalue weighted by Gasteiger charge is 2.24. The number of aliphatic hydroxyl groups is 1. The van der Waals surface area contributed by atoms with E-state index in [1.807, 2.05) is 18.7 Å². The normalized spacial score (nSPS) is 20.8. The van der Waals surface area contributed by atoms with Crippen molar-refractivity contribution in [2.75, 3.05) is 18.8 Å². The van der Waals surface area contributed by atoms with Crippen LogP contribution in [0.2, 0.25) is 0 Å². The summed E-state index contributed by atoms with van der Waals surface area (Å²) >= 11 is 1.95. The zero-order valence-electron chi connectivity index (χ0n) is 12.7. The summed E-state index contributed by atoms with van der Waals surface area (Å²) < 4.78 is 0. The number of hydrogen-bond donors (Lipinski definition) is 1. The van der Waals surface area contributed by atoms with Crippen LogP contribution in [0.1, 0.15) is 33.1 Å². The number of benzene rings is 1. The van der Waals surface area contributed by atoms with Crippen LogP contribution in [0.4, 0.5) is 0 Å². The summed E-state index contributed by atoms with van der Waals surface area (Å²) in [4.78, 5) is 3.96. The number of piperidine rings is 1. The molecule has 0 saturated carbocycles. The van der Waals surface area contributed by atoms with E-state index in [-0.39, 0.29) is 6.10 Å². The molecule has 0 radical (unpaired) electrons. The summed E-state index contributed by atoms with van der Waals surface area (Å²) in [5, 5.41) is 9.65. The van der Waals surface area contributed by atoms with Crippen molar-refractivity contribution in [2.24, 2.45) is 5.92 Å². The van der Waals surface area contributed by atoms with Crippen molar-refractivity contribution in [2.45, 2.75) is 50.2 Å². The van der Waals surface area contributed by atoms with Gasteiger partial charge in [0.25, 0.3) is 0 Å². The fourth-order valence-electron chi connectivity index (χ4n) is 2.89. The van der Waals surface area contributed by atoms with Crippen molar-refractivity contribution in [3.05, 3.63) is 30.3 Å². The van der Waals surface area contributed by atoms with Crippen LogP contribution in [-0.2, 0) is 0 Å². The number of rotatable bonds is 6. The van der Waals surface area contributed by atoms with Gasteiger partial charge >= 0.3 is 0 Å². The molecule has 112 valence electrons. The van der Waals surface area contributed by atoms with Crippen molar-refractivity contribution in [1.29, 1.82) is 0 Å². The Kier molecular flexibility index (Phi) is 6.40. The highest BCUT2D eigenvalue weighted by atomic mass is 32.2. The van der Waals surface area contributed by atoms with Crippen LogP contribution < -0.4 is 0 Å². The number of thioether (sulfide) groups is 1. The Balaban J connectivity index is 1.67. The van der Waals surface area contributed by atoms with E-state index in [2.05, 4.69) is 42.2 Å². The second kappa shape index (κ2) is 8.06. The fraction of sp³-hybridized carbons (Fsp3) is 0.647. The van der Waals surface area contributed by atoms with E-state index in [0.29, 0.717) is 12.0 Å². The number of likely N-dealkylation sites (tertiary alicyclic amines) is 1. The molecule has 2 unspecified atom stereocenters. The molecule has 1 heterocycles. The monoisotopic (exact) mass is 293 g/mol. The van der Waals surface area contributed by atoms with Crippen molar-refractivity contribution in [1.82, 2.24) is 4.90 Å². The first-order valence-corrected chi connectivity index (χ1v) is 8.75. The average Bonchev–Trinajstić information content (AvgIpc) is 2.48. The molecule has 1 aromatic rings. The summed E-state index contributed by atoms with van der Waals surface area (Å²) in [5.74, 6) is 1.69. The lowest BCUT2D eigenvalue weighted by Crippen LogP contribution is -2.42. The molecule has 3 heteroatoms. The molecule has 1 saturated heterocycles. The lowest BCUT2D eigenvalue weighted by atomic mass is 9.91. The molecule has 1 fully saturated rings. The molecule has 0 spiro atoms. The Labute approximate surface area is 127 Å². The molecular weight excluding hydrogens is 266 g/mol. The maximum atomic E-state index is 9.65. The Hall–Kier alpha value is -0.510. The zero-order valence-corrected chi connectivity index (χ0v) is 13.5. The maximum absolute atomic E-state index is 9.65. The van der Waals surface area contributed by atoms with Crippen molar-refractivity contribution in [3.8, 4) is 0 Å². The van der Waals surface area contributed by atoms with Gasteiger partial charge in [-0.3, -0.25) is 0 Å². The molecule has 0 amide bonds. The second-order valence-corrected chi connectivity index (χ2v) is 7.08. The smallest absolute Gasteiger partial charge is 0.0541 e. The Bertz CT molecular complexity index is 374. The van der Waals surface area contributed by atoms with Crippen LogP contribution in [0.5, 0.6) is 0 Å². The van der Waals surface area contributed by atoms with Gasteiger partial charge in [-0.2, -0.15) is 0 Å². The first-order chi connectivity index (χ1) is 9.66. The summed E-state index contributed by atoms with van der Waals surface area (Å²) in [7, 11) is 0. The summed E-state index contributed by atoms with van der Waals surface area (Å²) in [6.45, 7) is 6.56. The molecule has 0 aliphatic carbocycles. The number of nitrogens with zero attached hydrogens (tertiary/aromatic N) is 1. The van der Waals surface area contributed by atoms with Crippen LogP contribution in [0, 0.1) is 5.92 Å². The third-order valence-corrected chi connectivity index (χ3v) is 5.47. The molecule has 0 bridgehead atoms. The minimum atomic E-state index is -0.138. The van der Waals surface area contributed by atoms with E-state index in [9.17, 15) is 5.11 Å². The van der Waals surface area contributed by atoms with Gasteiger partial charge < -0.3 is 10.0 Å². The molecule has 20 heavy (non-hydrogen) atoms. The summed E-state index contributed by atoms with van der Waals surface area (Å²) in [6.07, 6.45) is 3.39. The average molecular weight is 293 g/mol. The Morgan fingerprint density at radius 1 is 1.20 bits per heavy atom. The summed E-state index contributed by atoms with van der Waals surface area (Å²) in [6, 6.07) is 11.3. The summed E-state index contributed by atoms with van der Waals surface area (Å²) in [5.41, 5.74) is 0. The largest absolute Gasteiger partial charge is 0.393 e. The molecule has 1 aromatic carbocycles. The van der Waals surface area contributed by atoms with Crippen LogP contribution in [0.15, 0.2) is 35.2 Å². The van der Waals surface area contributed by atoms with Crippen LogP contribution >= 0.6 is 11.8 Å². The van der Waals surface area contributed by atoms with Gasteiger partial charge in [-0.25, -0.2) is 0 Å². The molecule has 1 aliphatic rings. The quantitative estimate of drug-likeness (QED) is 0.810. The second-order valence-electron chi connectivity index (χ2n) is 5.91. The molecular formula is C17H27NOS. The number of hydrogen-bond acceptors (Lipinski definition) is 3. The van der Waals surface area contributed by atoms with Gasteiger partial charge in [0.1, 0.15) is 0 Å². The van der Waals surface area contributed by atoms with Gasteiger partial charge in [0.15, 0.2) is 0 Å². The highest BCUT2D eigenvalue weighted by molar-refractivity contribution is 7.99. The van der Waals surface area contributed by atoms with E-state index in [4.69, 9.17) is 0 Å². The standard InChI is InChI=1S/C17H27NOS/c1-14(10-13-20-17-6-4-3-5-7-17)18-11-8-16(9-12-18)15(2)19/h3-7,14-16,19H,8-13H2,1-2H3. The molecule has 1 aliphatic heterocycles. The van der Waals surface area contributed by atoms with Crippen molar-refractivity contribution in [3.63, 3.8) is 0 Å². The van der Waals surface area contributed by atoms with Crippen LogP contribution in [-0.4, -0.2) is 41.0 Å². The van der Waals surface area contributed by atoms with E-state index in [1.54, 1.807) is 0 Å². The maximum Gasteiger partial charge on any atom is 0.0541 e. The zero-order chi connectivity index (χ0) is 14.4. The molecule has 2 rings (SSSR count). The minimum absolute atomic E-state index is 0.138. The lowest BCUT2D eigenvalue weighted by Gasteiger charge is -2.37. The Morgan fingerprint density at radius 2 is 1.85 bits per heavy atom. The molecule has 2 atom stereocenters. The third kappa shape index (κ3) is 4.80. The van der Waals surface area contributed by atoms with E-state index in [1.165, 1.54) is 17.1 Å². The van der Waals surface area contributed by atoms with E-state index >= 15 is 0 Å². The Morgan fingerprint density at radius 3 is 2.45 bits per heavy atom. The topological polar surface area (TPSA) is 23.5 Å². The van der Waals surface area contributed by atoms with E-state index in [0.717, 1.165) is 25.9 Å². The van der Waals surface area contributed by atoms with E-state index < -0.39 is 0 Å². The number of aliphatic hydroxyl groups excluding tert-OH is 1. The highest BCUT2D eigenvalue weighted by Crippen LogP contribution is 2.24. The predicted octanol–water partition coefficient (Wildman–Crippen LogP) is 3.65. The van der Waals surface area contributed by atoms with Gasteiger partial charge in [-0.1, -0.05) is 18.2 Å². The lowest BCUT2D eigenvalue weighted by molar-refractivity contribution is 0.0583. The molecule has 1 N–H and O–H groups in total. The first kappa shape index (κ1) is 15.9. The third-order valence-electron chi connectivity index (χ3n) is 4.43. The van der Waals surface area contributed by atoms with Gasteiger partial charge in [0.05, 0.1) is 6.10 Å². The fourth-order valence-corrected chi connectivity index (χ4v) is 3.93.